The monoisotopic (exact) mass is 688 g/mol. The van der Waals surface area contributed by atoms with Crippen LogP contribution in [0.25, 0.3) is 51.1 Å². The van der Waals surface area contributed by atoms with Crippen LogP contribution in [0.15, 0.2) is 176 Å². The van der Waals surface area contributed by atoms with Gasteiger partial charge in [-0.2, -0.15) is 0 Å². The number of para-hydroxylation sites is 3. The molecule has 0 amide bonds. The van der Waals surface area contributed by atoms with Gasteiger partial charge < -0.3 is 9.80 Å². The molecule has 0 aliphatic heterocycles. The van der Waals surface area contributed by atoms with Crippen LogP contribution in [0.3, 0.4) is 0 Å². The number of fused-ring (bicyclic) bond motifs is 8. The number of benzene rings is 8. The van der Waals surface area contributed by atoms with Crippen molar-refractivity contribution in [2.75, 3.05) is 9.80 Å². The highest BCUT2D eigenvalue weighted by atomic mass is 32.1. The predicted octanol–water partition coefficient (Wildman–Crippen LogP) is 14.8. The molecule has 0 aliphatic rings. The predicted molar refractivity (Wildman–Crippen MR) is 224 cm³/mol. The summed E-state index contributed by atoms with van der Waals surface area (Å²) >= 11 is 3.77. The highest BCUT2D eigenvalue weighted by Gasteiger charge is 2.22. The zero-order chi connectivity index (χ0) is 33.9. The minimum atomic E-state index is 1.14. The van der Waals surface area contributed by atoms with Gasteiger partial charge in [0.05, 0.1) is 5.69 Å². The lowest BCUT2D eigenvalue weighted by Crippen LogP contribution is -2.10. The molecule has 0 saturated heterocycles. The second-order valence-corrected chi connectivity index (χ2v) is 15.1. The summed E-state index contributed by atoms with van der Waals surface area (Å²) in [4.78, 5) is 4.81. The van der Waals surface area contributed by atoms with Crippen molar-refractivity contribution < 1.29 is 0 Å². The molecule has 51 heavy (non-hydrogen) atoms. The Morgan fingerprint density at radius 2 is 0.922 bits per heavy atom. The van der Waals surface area contributed by atoms with Crippen LogP contribution in [0.2, 0.25) is 0 Å². The van der Waals surface area contributed by atoms with E-state index in [-0.39, 0.29) is 0 Å². The van der Waals surface area contributed by atoms with E-state index in [1.165, 1.54) is 62.4 Å². The molecule has 4 heteroatoms. The van der Waals surface area contributed by atoms with E-state index >= 15 is 0 Å². The van der Waals surface area contributed by atoms with E-state index in [4.69, 9.17) is 0 Å². The Bertz CT molecular complexity index is 2830. The molecule has 10 rings (SSSR count). The lowest BCUT2D eigenvalue weighted by Gasteiger charge is -2.28. The summed E-state index contributed by atoms with van der Waals surface area (Å²) in [6, 6.07) is 64.0. The molecule has 2 aromatic heterocycles. The normalized spacial score (nSPS) is 11.6. The third-order valence-corrected chi connectivity index (χ3v) is 12.2. The molecule has 0 unspecified atom stereocenters. The van der Waals surface area contributed by atoms with Crippen molar-refractivity contribution in [3.63, 3.8) is 0 Å². The fourth-order valence-corrected chi connectivity index (χ4v) is 10.1. The van der Waals surface area contributed by atoms with Crippen molar-refractivity contribution in [1.82, 2.24) is 0 Å². The van der Waals surface area contributed by atoms with Gasteiger partial charge in [0.25, 0.3) is 0 Å². The van der Waals surface area contributed by atoms with Crippen LogP contribution in [-0.4, -0.2) is 0 Å². The molecular weight excluding hydrogens is 657 g/mol. The largest absolute Gasteiger partial charge is 0.310 e. The highest BCUT2D eigenvalue weighted by molar-refractivity contribution is 7.27. The second kappa shape index (κ2) is 12.1. The number of aryl methyl sites for hydroxylation is 1. The lowest BCUT2D eigenvalue weighted by atomic mass is 10.0. The third-order valence-electron chi connectivity index (χ3n) is 9.90. The average molecular weight is 689 g/mol. The van der Waals surface area contributed by atoms with E-state index in [1.54, 1.807) is 0 Å². The van der Waals surface area contributed by atoms with Crippen LogP contribution in [-0.2, 0) is 0 Å². The summed E-state index contributed by atoms with van der Waals surface area (Å²) in [6.45, 7) is 2.27. The SMILES string of the molecule is Cc1cc(N(c2ccccc2)c2cc3c4ccccc4sc3c3ccccc23)cc2sc3ccc(N(c4ccccc4)c4ccccc4)cc3c12. The minimum absolute atomic E-state index is 1.14. The molecule has 0 saturated carbocycles. The number of anilines is 6. The lowest BCUT2D eigenvalue weighted by molar-refractivity contribution is 1.29. The molecule has 0 radical (unpaired) electrons. The first-order valence-corrected chi connectivity index (χ1v) is 18.9. The molecule has 0 spiro atoms. The maximum Gasteiger partial charge on any atom is 0.0547 e. The van der Waals surface area contributed by atoms with E-state index < -0.39 is 0 Å². The number of hydrogen-bond acceptors (Lipinski definition) is 4. The van der Waals surface area contributed by atoms with Crippen LogP contribution >= 0.6 is 22.7 Å². The van der Waals surface area contributed by atoms with Gasteiger partial charge in [0.15, 0.2) is 0 Å². The summed E-state index contributed by atoms with van der Waals surface area (Å²) < 4.78 is 5.24. The van der Waals surface area contributed by atoms with Crippen molar-refractivity contribution in [3.8, 4) is 0 Å². The Labute approximate surface area is 304 Å². The van der Waals surface area contributed by atoms with E-state index in [0.717, 1.165) is 28.4 Å². The first-order chi connectivity index (χ1) is 25.2. The van der Waals surface area contributed by atoms with Gasteiger partial charge in [-0.1, -0.05) is 97.1 Å². The number of thiophene rings is 2. The summed E-state index contributed by atoms with van der Waals surface area (Å²) in [6.07, 6.45) is 0. The van der Waals surface area contributed by atoms with Gasteiger partial charge in [-0.3, -0.25) is 0 Å². The standard InChI is InChI=1S/C47H32N2S2/c1-31-27-36(29-45-46(31)41-28-35(25-26-44(41)50-45)48(32-15-5-2-6-16-32)33-17-7-3-8-18-33)49(34-19-9-4-10-20-34)42-30-40-38-22-13-14-24-43(38)51-47(40)39-23-12-11-21-37(39)42/h2-30H,1H3. The van der Waals surface area contributed by atoms with Crippen LogP contribution in [0.4, 0.5) is 34.1 Å². The number of nitrogens with zero attached hydrogens (tertiary/aromatic N) is 2. The molecule has 0 atom stereocenters. The van der Waals surface area contributed by atoms with Gasteiger partial charge >= 0.3 is 0 Å². The van der Waals surface area contributed by atoms with E-state index in [9.17, 15) is 0 Å². The van der Waals surface area contributed by atoms with Crippen LogP contribution in [0.1, 0.15) is 5.56 Å². The van der Waals surface area contributed by atoms with Crippen molar-refractivity contribution >= 4 is 108 Å². The summed E-state index contributed by atoms with van der Waals surface area (Å²) in [5.74, 6) is 0. The van der Waals surface area contributed by atoms with Crippen molar-refractivity contribution in [2.45, 2.75) is 6.92 Å². The Hall–Kier alpha value is -5.94. The van der Waals surface area contributed by atoms with Crippen LogP contribution < -0.4 is 9.80 Å². The zero-order valence-electron chi connectivity index (χ0n) is 28.0. The van der Waals surface area contributed by atoms with Gasteiger partial charge in [-0.25, -0.2) is 0 Å². The minimum Gasteiger partial charge on any atom is -0.310 e. The molecule has 0 N–H and O–H groups in total. The summed E-state index contributed by atoms with van der Waals surface area (Å²) in [5.41, 5.74) is 8.20. The van der Waals surface area contributed by atoms with E-state index in [1.807, 2.05) is 22.7 Å². The smallest absolute Gasteiger partial charge is 0.0547 e. The maximum atomic E-state index is 2.46. The molecule has 0 fully saturated rings. The Balaban J connectivity index is 1.19. The number of hydrogen-bond donors (Lipinski definition) is 0. The summed E-state index contributed by atoms with van der Waals surface area (Å²) in [5, 5.41) is 7.76. The second-order valence-electron chi connectivity index (χ2n) is 13.0. The first kappa shape index (κ1) is 29.9. The van der Waals surface area contributed by atoms with Gasteiger partial charge in [0, 0.05) is 79.6 Å². The third kappa shape index (κ3) is 4.98. The highest BCUT2D eigenvalue weighted by Crippen LogP contribution is 2.48. The molecule has 0 bridgehead atoms. The van der Waals surface area contributed by atoms with E-state index in [0.29, 0.717) is 0 Å². The Morgan fingerprint density at radius 3 is 1.61 bits per heavy atom. The molecule has 10 aromatic rings. The topological polar surface area (TPSA) is 6.48 Å². The Morgan fingerprint density at radius 1 is 0.353 bits per heavy atom. The number of rotatable bonds is 6. The van der Waals surface area contributed by atoms with Gasteiger partial charge in [-0.15, -0.1) is 22.7 Å². The van der Waals surface area contributed by atoms with Gasteiger partial charge in [0.1, 0.15) is 0 Å². The van der Waals surface area contributed by atoms with Crippen LogP contribution in [0.5, 0.6) is 0 Å². The van der Waals surface area contributed by atoms with Crippen molar-refractivity contribution in [2.24, 2.45) is 0 Å². The van der Waals surface area contributed by atoms with Gasteiger partial charge in [0.2, 0.25) is 0 Å². The summed E-state index contributed by atoms with van der Waals surface area (Å²) in [7, 11) is 0. The molecule has 0 aliphatic carbocycles. The van der Waals surface area contributed by atoms with Crippen molar-refractivity contribution in [1.29, 1.82) is 0 Å². The molecule has 242 valence electrons. The fourth-order valence-electron chi connectivity index (χ4n) is 7.67. The fraction of sp³-hybridized carbons (Fsp3) is 0.0213. The van der Waals surface area contributed by atoms with Crippen molar-refractivity contribution in [3.05, 3.63) is 181 Å². The average Bonchev–Trinajstić information content (AvgIpc) is 3.75. The van der Waals surface area contributed by atoms with Gasteiger partial charge in [-0.05, 0) is 91.3 Å². The zero-order valence-corrected chi connectivity index (χ0v) is 29.6. The van der Waals surface area contributed by atoms with Crippen LogP contribution in [0, 0.1) is 6.92 Å². The molecule has 2 heterocycles. The molecule has 8 aromatic carbocycles. The maximum absolute atomic E-state index is 2.46. The molecule has 2 nitrogen and oxygen atoms in total. The quantitative estimate of drug-likeness (QED) is 0.172. The molecular formula is C47H32N2S2. The Kier molecular flexibility index (Phi) is 7.12. The first-order valence-electron chi connectivity index (χ1n) is 17.3. The van der Waals surface area contributed by atoms with E-state index in [2.05, 4.69) is 193 Å².